The standard InChI is InChI=1S/C20H28F2N6O3/c1-23-19(25-13-14-12-15(30-2)7-8-16(14)31-18(21)22)24-9-5-11-28-20(29)27-10-4-3-6-17(27)26-28/h7-8,12,18H,3-6,9-11,13H2,1-2H3,(H2,23,24,25). The highest BCUT2D eigenvalue weighted by Crippen LogP contribution is 2.25. The van der Waals surface area contributed by atoms with Crippen LogP contribution in [0.3, 0.4) is 0 Å². The summed E-state index contributed by atoms with van der Waals surface area (Å²) in [5.74, 6) is 1.97. The number of nitrogens with one attached hydrogen (secondary N) is 2. The minimum Gasteiger partial charge on any atom is -0.497 e. The van der Waals surface area contributed by atoms with Crippen LogP contribution in [0.5, 0.6) is 11.5 Å². The van der Waals surface area contributed by atoms with Crippen molar-refractivity contribution in [2.45, 2.75) is 51.9 Å². The molecule has 0 fully saturated rings. The molecule has 0 amide bonds. The van der Waals surface area contributed by atoms with Crippen molar-refractivity contribution >= 4 is 5.96 Å². The predicted molar refractivity (Wildman–Crippen MR) is 112 cm³/mol. The molecule has 1 aromatic carbocycles. The van der Waals surface area contributed by atoms with Crippen molar-refractivity contribution < 1.29 is 18.3 Å². The van der Waals surface area contributed by atoms with Gasteiger partial charge in [-0.3, -0.25) is 9.56 Å². The number of aryl methyl sites for hydroxylation is 2. The van der Waals surface area contributed by atoms with E-state index >= 15 is 0 Å². The molecule has 0 saturated heterocycles. The molecular formula is C20H28F2N6O3. The molecule has 1 aliphatic heterocycles. The molecular weight excluding hydrogens is 410 g/mol. The molecule has 0 atom stereocenters. The number of halogens is 2. The van der Waals surface area contributed by atoms with Gasteiger partial charge in [-0.05, 0) is 37.5 Å². The molecule has 0 radical (unpaired) electrons. The maximum absolute atomic E-state index is 12.7. The second-order valence-corrected chi connectivity index (χ2v) is 7.09. The van der Waals surface area contributed by atoms with Crippen LogP contribution in [0.15, 0.2) is 28.0 Å². The highest BCUT2D eigenvalue weighted by molar-refractivity contribution is 5.79. The van der Waals surface area contributed by atoms with Crippen LogP contribution in [0.4, 0.5) is 8.78 Å². The minimum absolute atomic E-state index is 0.0539. The molecule has 9 nitrogen and oxygen atoms in total. The van der Waals surface area contributed by atoms with Crippen molar-refractivity contribution in [1.82, 2.24) is 25.0 Å². The normalized spacial score (nSPS) is 13.8. The Hall–Kier alpha value is -3.11. The smallest absolute Gasteiger partial charge is 0.387 e. The van der Waals surface area contributed by atoms with E-state index in [0.29, 0.717) is 36.8 Å². The topological polar surface area (TPSA) is 94.7 Å². The molecule has 0 saturated carbocycles. The number of fused-ring (bicyclic) bond motifs is 1. The van der Waals surface area contributed by atoms with E-state index in [0.717, 1.165) is 31.6 Å². The Morgan fingerprint density at radius 2 is 2.16 bits per heavy atom. The second kappa shape index (κ2) is 10.8. The third kappa shape index (κ3) is 5.96. The molecule has 0 unspecified atom stereocenters. The maximum Gasteiger partial charge on any atom is 0.387 e. The van der Waals surface area contributed by atoms with Gasteiger partial charge in [-0.25, -0.2) is 9.48 Å². The van der Waals surface area contributed by atoms with Crippen LogP contribution in [0.1, 0.15) is 30.7 Å². The molecule has 0 spiro atoms. The van der Waals surface area contributed by atoms with E-state index in [4.69, 9.17) is 4.74 Å². The molecule has 1 aromatic heterocycles. The number of aromatic nitrogens is 3. The van der Waals surface area contributed by atoms with Gasteiger partial charge in [0.1, 0.15) is 17.3 Å². The lowest BCUT2D eigenvalue weighted by molar-refractivity contribution is -0.0504. The van der Waals surface area contributed by atoms with E-state index in [9.17, 15) is 13.6 Å². The average molecular weight is 438 g/mol. The van der Waals surface area contributed by atoms with Crippen LogP contribution < -0.4 is 25.8 Å². The molecule has 170 valence electrons. The van der Waals surface area contributed by atoms with Gasteiger partial charge in [-0.1, -0.05) is 0 Å². The van der Waals surface area contributed by atoms with Gasteiger partial charge < -0.3 is 20.1 Å². The SMILES string of the molecule is CN=C(NCCCn1nc2n(c1=O)CCCC2)NCc1cc(OC)ccc1OC(F)F. The number of hydrogen-bond acceptors (Lipinski definition) is 5. The van der Waals surface area contributed by atoms with Gasteiger partial charge in [0, 0.05) is 45.2 Å². The summed E-state index contributed by atoms with van der Waals surface area (Å²) in [6, 6.07) is 4.63. The first-order chi connectivity index (χ1) is 15.0. The minimum atomic E-state index is -2.92. The molecule has 0 aliphatic carbocycles. The highest BCUT2D eigenvalue weighted by atomic mass is 19.3. The zero-order valence-electron chi connectivity index (χ0n) is 17.7. The van der Waals surface area contributed by atoms with E-state index in [1.807, 2.05) is 0 Å². The van der Waals surface area contributed by atoms with Crippen molar-refractivity contribution in [3.8, 4) is 11.5 Å². The Kier molecular flexibility index (Phi) is 7.85. The summed E-state index contributed by atoms with van der Waals surface area (Å²) >= 11 is 0. The molecule has 2 N–H and O–H groups in total. The molecule has 2 heterocycles. The number of hydrogen-bond donors (Lipinski definition) is 2. The molecule has 3 rings (SSSR count). The number of ether oxygens (including phenoxy) is 2. The Balaban J connectivity index is 1.50. The molecule has 2 aromatic rings. The van der Waals surface area contributed by atoms with Crippen LogP contribution in [-0.2, 0) is 26.1 Å². The summed E-state index contributed by atoms with van der Waals surface area (Å²) in [6.45, 7) is -0.893. The lowest BCUT2D eigenvalue weighted by atomic mass is 10.2. The van der Waals surface area contributed by atoms with Gasteiger partial charge in [0.2, 0.25) is 0 Å². The Bertz CT molecular complexity index is 957. The van der Waals surface area contributed by atoms with Crippen molar-refractivity contribution in [1.29, 1.82) is 0 Å². The Morgan fingerprint density at radius 3 is 2.87 bits per heavy atom. The van der Waals surface area contributed by atoms with Gasteiger partial charge in [-0.2, -0.15) is 13.9 Å². The van der Waals surface area contributed by atoms with Gasteiger partial charge >= 0.3 is 12.3 Å². The third-order valence-corrected chi connectivity index (χ3v) is 5.02. The first kappa shape index (κ1) is 22.6. The molecule has 1 aliphatic rings. The lowest BCUT2D eigenvalue weighted by Gasteiger charge is -2.15. The van der Waals surface area contributed by atoms with Gasteiger partial charge in [0.25, 0.3) is 0 Å². The van der Waals surface area contributed by atoms with E-state index in [2.05, 4.69) is 25.5 Å². The number of benzene rings is 1. The summed E-state index contributed by atoms with van der Waals surface area (Å²) in [5.41, 5.74) is 0.458. The van der Waals surface area contributed by atoms with Crippen molar-refractivity contribution in [3.63, 3.8) is 0 Å². The fraction of sp³-hybridized carbons (Fsp3) is 0.550. The summed E-state index contributed by atoms with van der Waals surface area (Å²) in [5, 5.41) is 10.6. The van der Waals surface area contributed by atoms with E-state index in [1.165, 1.54) is 17.9 Å². The maximum atomic E-state index is 12.7. The average Bonchev–Trinajstić information content (AvgIpc) is 3.09. The predicted octanol–water partition coefficient (Wildman–Crippen LogP) is 1.75. The van der Waals surface area contributed by atoms with E-state index in [-0.39, 0.29) is 18.0 Å². The highest BCUT2D eigenvalue weighted by Gasteiger charge is 2.16. The number of methoxy groups -OCH3 is 1. The van der Waals surface area contributed by atoms with Crippen LogP contribution in [-0.4, -0.2) is 47.6 Å². The van der Waals surface area contributed by atoms with Crippen molar-refractivity contribution in [2.24, 2.45) is 4.99 Å². The van der Waals surface area contributed by atoms with Crippen molar-refractivity contribution in [2.75, 3.05) is 20.7 Å². The molecule has 11 heteroatoms. The van der Waals surface area contributed by atoms with Gasteiger partial charge in [0.05, 0.1) is 7.11 Å². The zero-order valence-corrected chi connectivity index (χ0v) is 17.7. The number of rotatable bonds is 9. The van der Waals surface area contributed by atoms with E-state index in [1.54, 1.807) is 23.7 Å². The van der Waals surface area contributed by atoms with Crippen LogP contribution in [0.25, 0.3) is 0 Å². The lowest BCUT2D eigenvalue weighted by Crippen LogP contribution is -2.38. The van der Waals surface area contributed by atoms with Gasteiger partial charge in [-0.15, -0.1) is 0 Å². The van der Waals surface area contributed by atoms with Crippen LogP contribution >= 0.6 is 0 Å². The van der Waals surface area contributed by atoms with Gasteiger partial charge in [0.15, 0.2) is 5.96 Å². The Morgan fingerprint density at radius 1 is 1.32 bits per heavy atom. The molecule has 31 heavy (non-hydrogen) atoms. The van der Waals surface area contributed by atoms with E-state index < -0.39 is 6.61 Å². The summed E-state index contributed by atoms with van der Waals surface area (Å²) in [6.07, 6.45) is 3.60. The number of aliphatic imine (C=N–C) groups is 1. The third-order valence-electron chi connectivity index (χ3n) is 5.02. The largest absolute Gasteiger partial charge is 0.497 e. The van der Waals surface area contributed by atoms with Crippen LogP contribution in [0, 0.1) is 0 Å². The summed E-state index contributed by atoms with van der Waals surface area (Å²) in [4.78, 5) is 16.5. The Labute approximate surface area is 179 Å². The zero-order chi connectivity index (χ0) is 22.2. The van der Waals surface area contributed by atoms with Crippen molar-refractivity contribution in [3.05, 3.63) is 40.1 Å². The van der Waals surface area contributed by atoms with Crippen LogP contribution in [0.2, 0.25) is 0 Å². The fourth-order valence-electron chi connectivity index (χ4n) is 3.46. The first-order valence-corrected chi connectivity index (χ1v) is 10.2. The quantitative estimate of drug-likeness (QED) is 0.352. The summed E-state index contributed by atoms with van der Waals surface area (Å²) < 4.78 is 38.3. The summed E-state index contributed by atoms with van der Waals surface area (Å²) in [7, 11) is 3.12. The second-order valence-electron chi connectivity index (χ2n) is 7.09. The number of guanidine groups is 1. The fourth-order valence-corrected chi connectivity index (χ4v) is 3.46. The number of alkyl halides is 2. The monoisotopic (exact) mass is 438 g/mol. The first-order valence-electron chi connectivity index (χ1n) is 10.2. The number of nitrogens with zero attached hydrogens (tertiary/aromatic N) is 4. The molecule has 0 bridgehead atoms.